The number of rotatable bonds is 10. The molecule has 1 aliphatic carbocycles. The maximum Gasteiger partial charge on any atom is 0.411 e. The van der Waals surface area contributed by atoms with E-state index >= 15 is 0 Å². The van der Waals surface area contributed by atoms with Crippen LogP contribution >= 0.6 is 0 Å². The fraction of sp³-hybridized carbons (Fsp3) is 0.417. The second-order valence-corrected chi connectivity index (χ2v) is 18.5. The van der Waals surface area contributed by atoms with Crippen LogP contribution in [0.4, 0.5) is 10.5 Å². The Balaban J connectivity index is 1.36. The van der Waals surface area contributed by atoms with Crippen LogP contribution < -0.4 is 10.6 Å². The zero-order valence-electron chi connectivity index (χ0n) is 27.9. The molecule has 240 valence electrons. The standard InChI is InChI=1S/C36H47N3O5Si/c1-23(2)31(39(7)35(42)44-32-29-16-12-10-14-27(29)28-15-11-13-17-30(28)32)34(41)37-24(3)33(40)38-26-20-18-25(19-21-26)22-43-45(8,9)36(4,5)6/h10-21,23-24,31-32H,22H2,1-9H3,(H,37,41)(H,38,40)/t24-,31-/m0/s1. The van der Waals surface area contributed by atoms with E-state index in [1.807, 2.05) is 86.6 Å². The van der Waals surface area contributed by atoms with Crippen LogP contribution in [0.2, 0.25) is 18.1 Å². The number of ether oxygens (including phenoxy) is 1. The largest absolute Gasteiger partial charge is 0.436 e. The molecule has 0 spiro atoms. The van der Waals surface area contributed by atoms with Crippen LogP contribution in [0, 0.1) is 5.92 Å². The Hall–Kier alpha value is -3.95. The SMILES string of the molecule is CC(C)[C@@H](C(=O)N[C@@H](C)C(=O)Nc1ccc(CO[Si](C)(C)C(C)(C)C)cc1)N(C)C(=O)OC1c2ccccc2-c2ccccc21. The van der Waals surface area contributed by atoms with Crippen LogP contribution in [0.15, 0.2) is 72.8 Å². The number of hydrogen-bond acceptors (Lipinski definition) is 5. The molecule has 0 saturated carbocycles. The van der Waals surface area contributed by atoms with Gasteiger partial charge in [0, 0.05) is 23.9 Å². The first-order chi connectivity index (χ1) is 21.1. The Morgan fingerprint density at radius 3 is 1.89 bits per heavy atom. The first-order valence-electron chi connectivity index (χ1n) is 15.6. The number of nitrogens with zero attached hydrogens (tertiary/aromatic N) is 1. The number of amides is 3. The zero-order chi connectivity index (χ0) is 33.1. The highest BCUT2D eigenvalue weighted by atomic mass is 28.4. The molecular formula is C36H47N3O5Si. The Bertz CT molecular complexity index is 1480. The lowest BCUT2D eigenvalue weighted by molar-refractivity contribution is -0.130. The number of likely N-dealkylation sites (N-methyl/N-ethyl adjacent to an activating group) is 1. The topological polar surface area (TPSA) is 97.0 Å². The quantitative estimate of drug-likeness (QED) is 0.226. The molecule has 0 saturated heterocycles. The number of nitrogens with one attached hydrogen (secondary N) is 2. The summed E-state index contributed by atoms with van der Waals surface area (Å²) >= 11 is 0. The van der Waals surface area contributed by atoms with Gasteiger partial charge in [-0.2, -0.15) is 0 Å². The molecule has 4 rings (SSSR count). The molecule has 0 radical (unpaired) electrons. The lowest BCUT2D eigenvalue weighted by atomic mass is 10.0. The zero-order valence-corrected chi connectivity index (χ0v) is 28.9. The van der Waals surface area contributed by atoms with Gasteiger partial charge in [0.25, 0.3) is 0 Å². The highest BCUT2D eigenvalue weighted by Gasteiger charge is 2.38. The molecule has 8 nitrogen and oxygen atoms in total. The van der Waals surface area contributed by atoms with Gasteiger partial charge in [-0.25, -0.2) is 4.79 Å². The normalized spacial score (nSPS) is 14.3. The summed E-state index contributed by atoms with van der Waals surface area (Å²) in [6.45, 7) is 16.9. The van der Waals surface area contributed by atoms with Crippen molar-refractivity contribution in [3.63, 3.8) is 0 Å². The lowest BCUT2D eigenvalue weighted by Crippen LogP contribution is -2.54. The first-order valence-corrected chi connectivity index (χ1v) is 18.5. The molecule has 1 aliphatic rings. The van der Waals surface area contributed by atoms with Crippen molar-refractivity contribution in [2.45, 2.75) is 84.5 Å². The Kier molecular flexibility index (Phi) is 10.2. The van der Waals surface area contributed by atoms with Gasteiger partial charge < -0.3 is 19.8 Å². The van der Waals surface area contributed by atoms with Crippen molar-refractivity contribution in [1.82, 2.24) is 10.2 Å². The van der Waals surface area contributed by atoms with Crippen LogP contribution in [0.25, 0.3) is 11.1 Å². The van der Waals surface area contributed by atoms with Gasteiger partial charge in [-0.1, -0.05) is 95.3 Å². The predicted molar refractivity (Wildman–Crippen MR) is 181 cm³/mol. The third kappa shape index (κ3) is 7.65. The maximum absolute atomic E-state index is 13.4. The monoisotopic (exact) mass is 629 g/mol. The number of anilines is 1. The van der Waals surface area contributed by atoms with Crippen LogP contribution in [-0.2, 0) is 25.4 Å². The number of fused-ring (bicyclic) bond motifs is 3. The maximum atomic E-state index is 13.4. The van der Waals surface area contributed by atoms with Crippen molar-refractivity contribution >= 4 is 31.9 Å². The Labute approximate surface area is 268 Å². The van der Waals surface area contributed by atoms with Crippen molar-refractivity contribution < 1.29 is 23.5 Å². The van der Waals surface area contributed by atoms with Gasteiger partial charge in [0.05, 0.1) is 6.61 Å². The van der Waals surface area contributed by atoms with Crippen molar-refractivity contribution in [3.8, 4) is 11.1 Å². The lowest BCUT2D eigenvalue weighted by Gasteiger charge is -2.36. The summed E-state index contributed by atoms with van der Waals surface area (Å²) in [7, 11) is -0.315. The van der Waals surface area contributed by atoms with E-state index in [0.717, 1.165) is 27.8 Å². The summed E-state index contributed by atoms with van der Waals surface area (Å²) in [6.07, 6.45) is -1.19. The molecule has 0 heterocycles. The van der Waals surface area contributed by atoms with Crippen molar-refractivity contribution in [2.75, 3.05) is 12.4 Å². The van der Waals surface area contributed by atoms with Crippen LogP contribution in [0.1, 0.15) is 64.3 Å². The van der Waals surface area contributed by atoms with Gasteiger partial charge in [0.2, 0.25) is 11.8 Å². The van der Waals surface area contributed by atoms with E-state index in [2.05, 4.69) is 44.5 Å². The fourth-order valence-corrected chi connectivity index (χ4v) is 6.20. The van der Waals surface area contributed by atoms with Crippen LogP contribution in [0.5, 0.6) is 0 Å². The van der Waals surface area contributed by atoms with E-state index in [9.17, 15) is 14.4 Å². The number of carbonyl (C=O) groups is 3. The molecule has 9 heteroatoms. The summed E-state index contributed by atoms with van der Waals surface area (Å²) < 4.78 is 12.3. The molecule has 0 fully saturated rings. The average molecular weight is 630 g/mol. The fourth-order valence-electron chi connectivity index (χ4n) is 5.24. The average Bonchev–Trinajstić information content (AvgIpc) is 3.29. The Morgan fingerprint density at radius 1 is 0.844 bits per heavy atom. The molecule has 0 aliphatic heterocycles. The smallest absolute Gasteiger partial charge is 0.411 e. The highest BCUT2D eigenvalue weighted by Crippen LogP contribution is 2.45. The molecule has 3 aromatic rings. The predicted octanol–water partition coefficient (Wildman–Crippen LogP) is 7.51. The van der Waals surface area contributed by atoms with E-state index in [1.165, 1.54) is 4.90 Å². The van der Waals surface area contributed by atoms with Gasteiger partial charge in [0.15, 0.2) is 14.4 Å². The molecule has 2 atom stereocenters. The van der Waals surface area contributed by atoms with Gasteiger partial charge in [-0.15, -0.1) is 0 Å². The summed E-state index contributed by atoms with van der Waals surface area (Å²) in [5.41, 5.74) is 5.52. The number of carbonyl (C=O) groups excluding carboxylic acids is 3. The molecule has 3 amide bonds. The molecule has 45 heavy (non-hydrogen) atoms. The number of benzene rings is 3. The third-order valence-corrected chi connectivity index (χ3v) is 13.5. The summed E-state index contributed by atoms with van der Waals surface area (Å²) in [6, 6.07) is 21.6. The van der Waals surface area contributed by atoms with Crippen LogP contribution in [0.3, 0.4) is 0 Å². The second-order valence-electron chi connectivity index (χ2n) is 13.7. The van der Waals surface area contributed by atoms with E-state index in [0.29, 0.717) is 12.3 Å². The summed E-state index contributed by atoms with van der Waals surface area (Å²) in [4.78, 5) is 41.2. The van der Waals surface area contributed by atoms with Gasteiger partial charge in [-0.3, -0.25) is 14.5 Å². The summed E-state index contributed by atoms with van der Waals surface area (Å²) in [5.74, 6) is -1.03. The number of hydrogen-bond donors (Lipinski definition) is 2. The van der Waals surface area contributed by atoms with Gasteiger partial charge >= 0.3 is 6.09 Å². The van der Waals surface area contributed by atoms with Gasteiger partial charge in [-0.05, 0) is 59.8 Å². The first kappa shape index (κ1) is 33.9. The molecule has 0 unspecified atom stereocenters. The molecule has 0 bridgehead atoms. The minimum absolute atomic E-state index is 0.125. The molecule has 0 aromatic heterocycles. The van der Waals surface area contributed by atoms with E-state index < -0.39 is 38.5 Å². The Morgan fingerprint density at radius 2 is 1.38 bits per heavy atom. The minimum atomic E-state index is -1.87. The summed E-state index contributed by atoms with van der Waals surface area (Å²) in [5, 5.41) is 5.78. The van der Waals surface area contributed by atoms with E-state index in [4.69, 9.17) is 9.16 Å². The minimum Gasteiger partial charge on any atom is -0.436 e. The van der Waals surface area contributed by atoms with Crippen molar-refractivity contribution in [1.29, 1.82) is 0 Å². The third-order valence-electron chi connectivity index (χ3n) is 8.98. The van der Waals surface area contributed by atoms with E-state index in [-0.39, 0.29) is 16.9 Å². The van der Waals surface area contributed by atoms with Crippen molar-refractivity contribution in [3.05, 3.63) is 89.5 Å². The second kappa shape index (κ2) is 13.6. The van der Waals surface area contributed by atoms with Crippen molar-refractivity contribution in [2.24, 2.45) is 5.92 Å². The molecular weight excluding hydrogens is 582 g/mol. The van der Waals surface area contributed by atoms with Crippen LogP contribution in [-0.4, -0.2) is 50.3 Å². The van der Waals surface area contributed by atoms with E-state index in [1.54, 1.807) is 14.0 Å². The highest BCUT2D eigenvalue weighted by molar-refractivity contribution is 6.74. The van der Waals surface area contributed by atoms with Gasteiger partial charge in [0.1, 0.15) is 12.1 Å². The molecule has 3 aromatic carbocycles. The molecule has 2 N–H and O–H groups in total.